The number of halogens is 1. The van der Waals surface area contributed by atoms with E-state index in [9.17, 15) is 9.18 Å². The Morgan fingerprint density at radius 2 is 1.75 bits per heavy atom. The van der Waals surface area contributed by atoms with E-state index in [-0.39, 0.29) is 5.69 Å². The molecule has 9 heteroatoms. The van der Waals surface area contributed by atoms with Crippen LogP contribution in [-0.2, 0) is 0 Å². The molecule has 0 spiro atoms. The fourth-order valence-corrected chi connectivity index (χ4v) is 3.00. The highest BCUT2D eigenvalue weighted by Crippen LogP contribution is 2.24. The summed E-state index contributed by atoms with van der Waals surface area (Å²) in [6.07, 6.45) is 1.71. The Kier molecular flexibility index (Phi) is 5.80. The molecular formula is C23H21FN6O2. The molecule has 2 amide bonds. The molecule has 2 heterocycles. The number of nitrogens with zero attached hydrogens (tertiary/aromatic N) is 4. The van der Waals surface area contributed by atoms with Crippen LogP contribution in [0.15, 0.2) is 60.9 Å². The largest absolute Gasteiger partial charge is 0.439 e. The maximum Gasteiger partial charge on any atom is 0.323 e. The number of hydrogen-bond donors (Lipinski definition) is 2. The van der Waals surface area contributed by atoms with Gasteiger partial charge in [0.25, 0.3) is 0 Å². The van der Waals surface area contributed by atoms with Gasteiger partial charge in [0.1, 0.15) is 29.5 Å². The van der Waals surface area contributed by atoms with Crippen LogP contribution >= 0.6 is 0 Å². The van der Waals surface area contributed by atoms with Gasteiger partial charge in [-0.3, -0.25) is 4.57 Å². The number of ether oxygens (including phenoxy) is 1. The molecule has 2 N–H and O–H groups in total. The van der Waals surface area contributed by atoms with E-state index < -0.39 is 11.8 Å². The SMILES string of the molecule is Cc1nc(Oc2ccc(NC(=O)Nc3ccccc3F)cc2)cc(-n2cnc(C)c2C)n1. The Bertz CT molecular complexity index is 1270. The van der Waals surface area contributed by atoms with Gasteiger partial charge >= 0.3 is 6.03 Å². The zero-order chi connectivity index (χ0) is 22.7. The van der Waals surface area contributed by atoms with Crippen LogP contribution in [0.3, 0.4) is 0 Å². The van der Waals surface area contributed by atoms with Crippen molar-refractivity contribution in [3.8, 4) is 17.4 Å². The number of urea groups is 1. The highest BCUT2D eigenvalue weighted by Gasteiger charge is 2.11. The average molecular weight is 432 g/mol. The normalized spacial score (nSPS) is 10.6. The Balaban J connectivity index is 1.44. The summed E-state index contributed by atoms with van der Waals surface area (Å²) in [7, 11) is 0. The molecule has 0 aliphatic carbocycles. The molecule has 8 nitrogen and oxygen atoms in total. The van der Waals surface area contributed by atoms with Gasteiger partial charge in [-0.15, -0.1) is 0 Å². The first-order valence-electron chi connectivity index (χ1n) is 9.86. The third-order valence-electron chi connectivity index (χ3n) is 4.76. The lowest BCUT2D eigenvalue weighted by Gasteiger charge is -2.11. The van der Waals surface area contributed by atoms with E-state index in [0.29, 0.717) is 29.0 Å². The van der Waals surface area contributed by atoms with Gasteiger partial charge in [0, 0.05) is 17.4 Å². The summed E-state index contributed by atoms with van der Waals surface area (Å²) in [5.74, 6) is 1.64. The summed E-state index contributed by atoms with van der Waals surface area (Å²) in [6.45, 7) is 5.69. The van der Waals surface area contributed by atoms with Crippen molar-refractivity contribution >= 4 is 17.4 Å². The van der Waals surface area contributed by atoms with Crippen molar-refractivity contribution < 1.29 is 13.9 Å². The Labute approximate surface area is 184 Å². The fraction of sp³-hybridized carbons (Fsp3) is 0.130. The smallest absolute Gasteiger partial charge is 0.323 e. The summed E-state index contributed by atoms with van der Waals surface area (Å²) in [5.41, 5.74) is 2.53. The number of imidazole rings is 1. The van der Waals surface area contributed by atoms with E-state index >= 15 is 0 Å². The average Bonchev–Trinajstić information content (AvgIpc) is 3.09. The number of carbonyl (C=O) groups is 1. The predicted molar refractivity (Wildman–Crippen MR) is 119 cm³/mol. The number of anilines is 2. The minimum absolute atomic E-state index is 0.100. The first-order chi connectivity index (χ1) is 15.4. The van der Waals surface area contributed by atoms with Gasteiger partial charge in [-0.2, -0.15) is 4.98 Å². The zero-order valence-corrected chi connectivity index (χ0v) is 17.8. The van der Waals surface area contributed by atoms with Gasteiger partial charge in [0.15, 0.2) is 0 Å². The molecular weight excluding hydrogens is 411 g/mol. The predicted octanol–water partition coefficient (Wildman–Crippen LogP) is 5.16. The second-order valence-electron chi connectivity index (χ2n) is 7.08. The third-order valence-corrected chi connectivity index (χ3v) is 4.76. The number of carbonyl (C=O) groups excluding carboxylic acids is 1. The number of hydrogen-bond acceptors (Lipinski definition) is 5. The second-order valence-corrected chi connectivity index (χ2v) is 7.08. The van der Waals surface area contributed by atoms with Crippen molar-refractivity contribution in [2.24, 2.45) is 0 Å². The molecule has 0 fully saturated rings. The van der Waals surface area contributed by atoms with Gasteiger partial charge in [0.2, 0.25) is 5.88 Å². The Morgan fingerprint density at radius 3 is 2.44 bits per heavy atom. The number of aromatic nitrogens is 4. The van der Waals surface area contributed by atoms with Gasteiger partial charge in [-0.25, -0.2) is 19.2 Å². The molecule has 4 aromatic rings. The van der Waals surface area contributed by atoms with E-state index in [1.807, 2.05) is 18.4 Å². The zero-order valence-electron chi connectivity index (χ0n) is 17.8. The lowest BCUT2D eigenvalue weighted by molar-refractivity contribution is 0.262. The maximum atomic E-state index is 13.7. The molecule has 32 heavy (non-hydrogen) atoms. The van der Waals surface area contributed by atoms with E-state index in [1.54, 1.807) is 55.7 Å². The van der Waals surface area contributed by atoms with Crippen LogP contribution in [0.25, 0.3) is 5.82 Å². The molecule has 0 bridgehead atoms. The molecule has 2 aromatic carbocycles. The van der Waals surface area contributed by atoms with Crippen LogP contribution in [0, 0.1) is 26.6 Å². The number of rotatable bonds is 5. The fourth-order valence-electron chi connectivity index (χ4n) is 3.00. The summed E-state index contributed by atoms with van der Waals surface area (Å²) in [6, 6.07) is 13.9. The number of amides is 2. The van der Waals surface area contributed by atoms with Crippen LogP contribution in [0.2, 0.25) is 0 Å². The quantitative estimate of drug-likeness (QED) is 0.454. The van der Waals surface area contributed by atoms with Crippen molar-refractivity contribution in [2.75, 3.05) is 10.6 Å². The molecule has 4 rings (SSSR count). The summed E-state index contributed by atoms with van der Waals surface area (Å²) < 4.78 is 21.4. The lowest BCUT2D eigenvalue weighted by Crippen LogP contribution is -2.20. The third kappa shape index (κ3) is 4.72. The number of para-hydroxylation sites is 1. The number of aryl methyl sites for hydroxylation is 2. The topological polar surface area (TPSA) is 94.0 Å². The minimum Gasteiger partial charge on any atom is -0.439 e. The molecule has 162 valence electrons. The molecule has 0 aliphatic heterocycles. The van der Waals surface area contributed by atoms with E-state index in [4.69, 9.17) is 4.74 Å². The summed E-state index contributed by atoms with van der Waals surface area (Å²) in [5, 5.41) is 5.12. The van der Waals surface area contributed by atoms with Crippen molar-refractivity contribution in [1.29, 1.82) is 0 Å². The Hall–Kier alpha value is -4.27. The first-order valence-corrected chi connectivity index (χ1v) is 9.86. The highest BCUT2D eigenvalue weighted by molar-refractivity contribution is 5.99. The second kappa shape index (κ2) is 8.84. The van der Waals surface area contributed by atoms with Crippen LogP contribution in [-0.4, -0.2) is 25.6 Å². The van der Waals surface area contributed by atoms with Gasteiger partial charge < -0.3 is 15.4 Å². The van der Waals surface area contributed by atoms with Gasteiger partial charge in [-0.05, 0) is 57.2 Å². The minimum atomic E-state index is -0.550. The van der Waals surface area contributed by atoms with Crippen LogP contribution in [0.5, 0.6) is 11.6 Å². The molecule has 2 aromatic heterocycles. The van der Waals surface area contributed by atoms with E-state index in [0.717, 1.165) is 11.4 Å². The maximum absolute atomic E-state index is 13.7. The molecule has 0 aliphatic rings. The van der Waals surface area contributed by atoms with E-state index in [1.165, 1.54) is 12.1 Å². The standard InChI is InChI=1S/C23H21FN6O2/c1-14-15(2)30(13-25-14)21-12-22(27-16(3)26-21)32-18-10-8-17(9-11-18)28-23(31)29-20-7-5-4-6-19(20)24/h4-13H,1-3H3,(H2,28,29,31). The van der Waals surface area contributed by atoms with E-state index in [2.05, 4.69) is 25.6 Å². The molecule has 0 atom stereocenters. The van der Waals surface area contributed by atoms with Gasteiger partial charge in [-0.1, -0.05) is 12.1 Å². The molecule has 0 radical (unpaired) electrons. The number of benzene rings is 2. The van der Waals surface area contributed by atoms with Crippen molar-refractivity contribution in [1.82, 2.24) is 19.5 Å². The Morgan fingerprint density at radius 1 is 1.00 bits per heavy atom. The first kappa shape index (κ1) is 21.0. The lowest BCUT2D eigenvalue weighted by atomic mass is 10.3. The van der Waals surface area contributed by atoms with Crippen molar-refractivity contribution in [3.63, 3.8) is 0 Å². The molecule has 0 unspecified atom stereocenters. The van der Waals surface area contributed by atoms with Crippen LogP contribution < -0.4 is 15.4 Å². The highest BCUT2D eigenvalue weighted by atomic mass is 19.1. The van der Waals surface area contributed by atoms with Crippen LogP contribution in [0.4, 0.5) is 20.6 Å². The monoisotopic (exact) mass is 432 g/mol. The van der Waals surface area contributed by atoms with Crippen molar-refractivity contribution in [3.05, 3.63) is 84.0 Å². The summed E-state index contributed by atoms with van der Waals surface area (Å²) in [4.78, 5) is 25.2. The molecule has 0 saturated heterocycles. The van der Waals surface area contributed by atoms with Crippen molar-refractivity contribution in [2.45, 2.75) is 20.8 Å². The molecule has 0 saturated carbocycles. The number of nitrogens with one attached hydrogen (secondary N) is 2. The van der Waals surface area contributed by atoms with Crippen LogP contribution in [0.1, 0.15) is 17.2 Å². The summed E-state index contributed by atoms with van der Waals surface area (Å²) >= 11 is 0. The van der Waals surface area contributed by atoms with Gasteiger partial charge in [0.05, 0.1) is 11.4 Å².